The van der Waals surface area contributed by atoms with Gasteiger partial charge < -0.3 is 10.2 Å². The Morgan fingerprint density at radius 1 is 1.70 bits per heavy atom. The Kier molecular flexibility index (Phi) is 3.54. The molecule has 0 amide bonds. The summed E-state index contributed by atoms with van der Waals surface area (Å²) >= 11 is 0. The van der Waals surface area contributed by atoms with E-state index in [9.17, 15) is 9.90 Å². The Labute approximate surface area is 60.0 Å². The topological polar surface area (TPSA) is 60.4 Å². The highest BCUT2D eigenvalue weighted by molar-refractivity contribution is 5.82. The largest absolute Gasteiger partial charge is 0.868 e. The van der Waals surface area contributed by atoms with E-state index in [0.29, 0.717) is 12.3 Å². The highest BCUT2D eigenvalue weighted by atomic mass is 16.4. The zero-order valence-corrected chi connectivity index (χ0v) is 6.13. The van der Waals surface area contributed by atoms with Crippen LogP contribution in [0.2, 0.25) is 0 Å². The zero-order chi connectivity index (χ0) is 8.15. The van der Waals surface area contributed by atoms with E-state index in [-0.39, 0.29) is 0 Å². The third kappa shape index (κ3) is 3.95. The second-order valence-electron chi connectivity index (χ2n) is 2.50. The molecule has 0 bridgehead atoms. The van der Waals surface area contributed by atoms with Gasteiger partial charge in [0, 0.05) is 0 Å². The van der Waals surface area contributed by atoms with Crippen molar-refractivity contribution in [3.63, 3.8) is 0 Å². The first kappa shape index (κ1) is 9.01. The molecule has 0 aromatic rings. The lowest BCUT2D eigenvalue weighted by Gasteiger charge is -2.05. The summed E-state index contributed by atoms with van der Waals surface area (Å²) in [6.45, 7) is 3.84. The molecule has 0 aliphatic rings. The maximum atomic E-state index is 10.4. The number of rotatable bonds is 3. The van der Waals surface area contributed by atoms with Crippen LogP contribution in [0.5, 0.6) is 0 Å². The molecule has 3 heteroatoms. The van der Waals surface area contributed by atoms with E-state index < -0.39 is 11.7 Å². The molecule has 0 atom stereocenters. The molecule has 10 heavy (non-hydrogen) atoms. The van der Waals surface area contributed by atoms with Crippen LogP contribution < -0.4 is 5.11 Å². The van der Waals surface area contributed by atoms with Crippen LogP contribution in [0.1, 0.15) is 20.3 Å². The van der Waals surface area contributed by atoms with E-state index in [1.807, 2.05) is 13.8 Å². The van der Waals surface area contributed by atoms with E-state index in [1.165, 1.54) is 6.08 Å². The summed E-state index contributed by atoms with van der Waals surface area (Å²) in [4.78, 5) is 9.93. The van der Waals surface area contributed by atoms with Crippen molar-refractivity contribution in [1.82, 2.24) is 0 Å². The van der Waals surface area contributed by atoms with Crippen LogP contribution in [0.3, 0.4) is 0 Å². The first-order valence-corrected chi connectivity index (χ1v) is 3.14. The summed E-state index contributed by atoms with van der Waals surface area (Å²) in [5, 5.41) is 18.5. The minimum atomic E-state index is -1.37. The molecular weight excluding hydrogens is 132 g/mol. The number of carboxylic acid groups (broad SMARTS) is 1. The van der Waals surface area contributed by atoms with Crippen LogP contribution in [0.25, 0.3) is 0 Å². The van der Waals surface area contributed by atoms with Gasteiger partial charge in [0.1, 0.15) is 0 Å². The fraction of sp³-hybridized carbons (Fsp3) is 0.571. The number of hydrogen-bond acceptors (Lipinski definition) is 2. The molecule has 0 unspecified atom stereocenters. The number of aliphatic carboxylic acids is 1. The van der Waals surface area contributed by atoms with Crippen LogP contribution >= 0.6 is 0 Å². The highest BCUT2D eigenvalue weighted by Gasteiger charge is 1.93. The van der Waals surface area contributed by atoms with Gasteiger partial charge in [-0.1, -0.05) is 19.9 Å². The number of hydrogen-bond donors (Lipinski definition) is 1. The predicted octanol–water partition coefficient (Wildman–Crippen LogP) is 0.361. The SMILES string of the molecule is CC(C)C/C=C(\[O-])C(=O)O. The van der Waals surface area contributed by atoms with Gasteiger partial charge in [-0.05, 0) is 18.1 Å². The van der Waals surface area contributed by atoms with Gasteiger partial charge in [0.25, 0.3) is 0 Å². The zero-order valence-electron chi connectivity index (χ0n) is 6.13. The van der Waals surface area contributed by atoms with Crippen LogP contribution in [0.4, 0.5) is 0 Å². The monoisotopic (exact) mass is 143 g/mol. The summed E-state index contributed by atoms with van der Waals surface area (Å²) in [5.74, 6) is -1.85. The van der Waals surface area contributed by atoms with Crippen LogP contribution in [-0.4, -0.2) is 11.1 Å². The van der Waals surface area contributed by atoms with Crippen molar-refractivity contribution in [1.29, 1.82) is 0 Å². The number of carbonyl (C=O) groups is 1. The smallest absolute Gasteiger partial charge is 0.320 e. The van der Waals surface area contributed by atoms with Gasteiger partial charge in [0.2, 0.25) is 0 Å². The summed E-state index contributed by atoms with van der Waals surface area (Å²) in [7, 11) is 0. The van der Waals surface area contributed by atoms with Gasteiger partial charge in [0.05, 0.1) is 0 Å². The minimum Gasteiger partial charge on any atom is -0.868 e. The lowest BCUT2D eigenvalue weighted by molar-refractivity contribution is -0.303. The van der Waals surface area contributed by atoms with E-state index in [2.05, 4.69) is 0 Å². The van der Waals surface area contributed by atoms with Crippen LogP contribution in [0.15, 0.2) is 11.8 Å². The lowest BCUT2D eigenvalue weighted by Crippen LogP contribution is -2.14. The van der Waals surface area contributed by atoms with Gasteiger partial charge >= 0.3 is 5.97 Å². The molecule has 0 spiro atoms. The van der Waals surface area contributed by atoms with E-state index >= 15 is 0 Å². The normalized spacial score (nSPS) is 12.1. The number of allylic oxidation sites excluding steroid dienone is 1. The Hall–Kier alpha value is -0.990. The molecule has 0 saturated heterocycles. The molecule has 0 aliphatic heterocycles. The molecule has 3 nitrogen and oxygen atoms in total. The average molecular weight is 143 g/mol. The van der Waals surface area contributed by atoms with Gasteiger partial charge in [-0.15, -0.1) is 0 Å². The fourth-order valence-corrected chi connectivity index (χ4v) is 0.430. The average Bonchev–Trinajstić information content (AvgIpc) is 1.82. The molecule has 0 aromatic heterocycles. The van der Waals surface area contributed by atoms with Gasteiger partial charge in [0.15, 0.2) is 0 Å². The Bertz CT molecular complexity index is 147. The maximum absolute atomic E-state index is 10.4. The van der Waals surface area contributed by atoms with Crippen molar-refractivity contribution in [2.75, 3.05) is 0 Å². The van der Waals surface area contributed by atoms with Crippen molar-refractivity contribution < 1.29 is 15.0 Å². The molecule has 0 rings (SSSR count). The van der Waals surface area contributed by atoms with Gasteiger partial charge in [-0.3, -0.25) is 0 Å². The fourth-order valence-electron chi connectivity index (χ4n) is 0.430. The highest BCUT2D eigenvalue weighted by Crippen LogP contribution is 2.00. The maximum Gasteiger partial charge on any atom is 0.320 e. The summed E-state index contributed by atoms with van der Waals surface area (Å²) < 4.78 is 0. The molecular formula is C7H11O3-. The van der Waals surface area contributed by atoms with Crippen molar-refractivity contribution in [3.8, 4) is 0 Å². The van der Waals surface area contributed by atoms with Crippen molar-refractivity contribution in [2.24, 2.45) is 5.92 Å². The van der Waals surface area contributed by atoms with E-state index in [0.717, 1.165) is 0 Å². The molecule has 1 N–H and O–H groups in total. The third-order valence-corrected chi connectivity index (χ3v) is 0.985. The first-order valence-electron chi connectivity index (χ1n) is 3.14. The molecule has 0 radical (unpaired) electrons. The second kappa shape index (κ2) is 3.93. The second-order valence-corrected chi connectivity index (χ2v) is 2.50. The molecule has 0 aromatic carbocycles. The Morgan fingerprint density at radius 3 is 2.50 bits per heavy atom. The van der Waals surface area contributed by atoms with E-state index in [1.54, 1.807) is 0 Å². The summed E-state index contributed by atoms with van der Waals surface area (Å²) in [6.07, 6.45) is 1.73. The van der Waals surface area contributed by atoms with E-state index in [4.69, 9.17) is 5.11 Å². The van der Waals surface area contributed by atoms with Crippen molar-refractivity contribution >= 4 is 5.97 Å². The standard InChI is InChI=1S/C7H12O3/c1-5(2)3-4-6(8)7(9)10/h4-5,8H,3H2,1-2H3,(H,9,10)/p-1/b6-4-. The van der Waals surface area contributed by atoms with Crippen molar-refractivity contribution in [3.05, 3.63) is 11.8 Å². The predicted molar refractivity (Wildman–Crippen MR) is 35.2 cm³/mol. The Morgan fingerprint density at radius 2 is 2.20 bits per heavy atom. The third-order valence-electron chi connectivity index (χ3n) is 0.985. The quantitative estimate of drug-likeness (QED) is 0.458. The number of carboxylic acids is 1. The van der Waals surface area contributed by atoms with Gasteiger partial charge in [-0.25, -0.2) is 4.79 Å². The minimum absolute atomic E-state index is 0.336. The lowest BCUT2D eigenvalue weighted by atomic mass is 10.1. The summed E-state index contributed by atoms with van der Waals surface area (Å²) in [6, 6.07) is 0. The Balaban J connectivity index is 3.81. The molecule has 0 saturated carbocycles. The molecule has 58 valence electrons. The van der Waals surface area contributed by atoms with Crippen LogP contribution in [-0.2, 0) is 4.79 Å². The molecule has 0 fully saturated rings. The molecule has 0 aliphatic carbocycles. The first-order chi connectivity index (χ1) is 4.54. The van der Waals surface area contributed by atoms with Crippen molar-refractivity contribution in [2.45, 2.75) is 20.3 Å². The van der Waals surface area contributed by atoms with Gasteiger partial charge in [-0.2, -0.15) is 0 Å². The van der Waals surface area contributed by atoms with Crippen LogP contribution in [0, 0.1) is 5.92 Å². The summed E-state index contributed by atoms with van der Waals surface area (Å²) in [5.41, 5.74) is 0. The molecule has 0 heterocycles.